The molecule has 0 fully saturated rings. The number of fused-ring (bicyclic) bond motifs is 1. The highest BCUT2D eigenvalue weighted by Crippen LogP contribution is 2.33. The Hall–Kier alpha value is -2.48. The Morgan fingerprint density at radius 1 is 1.00 bits per heavy atom. The lowest BCUT2D eigenvalue weighted by molar-refractivity contribution is -0.137. The Bertz CT molecular complexity index is 896. The molecular formula is C16H13F3N4S. The summed E-state index contributed by atoms with van der Waals surface area (Å²) in [5, 5.41) is 0.673. The summed E-state index contributed by atoms with van der Waals surface area (Å²) in [4.78, 5) is 8.55. The van der Waals surface area contributed by atoms with Crippen LogP contribution in [0.5, 0.6) is 0 Å². The molecule has 0 spiro atoms. The highest BCUT2D eigenvalue weighted by atomic mass is 32.2. The van der Waals surface area contributed by atoms with Crippen molar-refractivity contribution in [3.63, 3.8) is 0 Å². The van der Waals surface area contributed by atoms with Crippen LogP contribution >= 0.6 is 11.8 Å². The smallest absolute Gasteiger partial charge is 0.383 e. The van der Waals surface area contributed by atoms with E-state index < -0.39 is 11.7 Å². The minimum Gasteiger partial charge on any atom is -0.383 e. The van der Waals surface area contributed by atoms with E-state index in [1.807, 2.05) is 12.1 Å². The van der Waals surface area contributed by atoms with Crippen LogP contribution in [0, 0.1) is 0 Å². The number of halogens is 3. The van der Waals surface area contributed by atoms with E-state index in [1.165, 1.54) is 17.8 Å². The number of benzene rings is 2. The monoisotopic (exact) mass is 350 g/mol. The quantitative estimate of drug-likeness (QED) is 0.695. The maximum Gasteiger partial charge on any atom is 0.416 e. The normalized spacial score (nSPS) is 11.8. The molecule has 3 rings (SSSR count). The summed E-state index contributed by atoms with van der Waals surface area (Å²) >= 11 is 1.32. The first-order valence-corrected chi connectivity index (χ1v) is 7.93. The molecule has 4 nitrogen and oxygen atoms in total. The summed E-state index contributed by atoms with van der Waals surface area (Å²) in [7, 11) is 0. The first-order valence-electron chi connectivity index (χ1n) is 6.94. The van der Waals surface area contributed by atoms with Gasteiger partial charge >= 0.3 is 6.18 Å². The number of aromatic nitrogens is 2. The van der Waals surface area contributed by atoms with Gasteiger partial charge in [0.15, 0.2) is 0 Å². The molecule has 2 aromatic carbocycles. The summed E-state index contributed by atoms with van der Waals surface area (Å²) in [5.74, 6) is 0.885. The van der Waals surface area contributed by atoms with E-state index in [1.54, 1.807) is 12.1 Å². The topological polar surface area (TPSA) is 77.8 Å². The van der Waals surface area contributed by atoms with Crippen LogP contribution in [0.1, 0.15) is 11.1 Å². The summed E-state index contributed by atoms with van der Waals surface area (Å²) in [6.45, 7) is 0. The van der Waals surface area contributed by atoms with E-state index in [2.05, 4.69) is 9.97 Å². The van der Waals surface area contributed by atoms with E-state index in [-0.39, 0.29) is 11.8 Å². The molecule has 0 aliphatic carbocycles. The van der Waals surface area contributed by atoms with Gasteiger partial charge in [-0.2, -0.15) is 18.2 Å². The number of hydrogen-bond acceptors (Lipinski definition) is 5. The van der Waals surface area contributed by atoms with Crippen LogP contribution in [0.2, 0.25) is 0 Å². The number of nitrogens with two attached hydrogens (primary N) is 2. The molecule has 1 heterocycles. The zero-order valence-corrected chi connectivity index (χ0v) is 13.2. The van der Waals surface area contributed by atoms with Crippen LogP contribution < -0.4 is 11.5 Å². The van der Waals surface area contributed by atoms with Gasteiger partial charge in [-0.3, -0.25) is 0 Å². The maximum atomic E-state index is 12.7. The van der Waals surface area contributed by atoms with Crippen LogP contribution in [0.4, 0.5) is 24.9 Å². The second kappa shape index (κ2) is 6.20. The molecule has 3 aromatic rings. The van der Waals surface area contributed by atoms with Crippen molar-refractivity contribution in [1.82, 2.24) is 9.97 Å². The molecule has 24 heavy (non-hydrogen) atoms. The predicted molar refractivity (Wildman–Crippen MR) is 89.4 cm³/mol. The van der Waals surface area contributed by atoms with E-state index in [0.29, 0.717) is 21.6 Å². The van der Waals surface area contributed by atoms with Crippen LogP contribution in [0.25, 0.3) is 10.9 Å². The molecule has 1 aromatic heterocycles. The Morgan fingerprint density at radius 3 is 2.54 bits per heavy atom. The Balaban J connectivity index is 1.81. The molecule has 0 saturated carbocycles. The van der Waals surface area contributed by atoms with Crippen LogP contribution in [-0.2, 0) is 11.9 Å². The van der Waals surface area contributed by atoms with Gasteiger partial charge in [0.1, 0.15) is 5.82 Å². The van der Waals surface area contributed by atoms with Crippen LogP contribution in [-0.4, -0.2) is 9.97 Å². The van der Waals surface area contributed by atoms with E-state index in [9.17, 15) is 13.2 Å². The number of anilines is 2. The van der Waals surface area contributed by atoms with Crippen molar-refractivity contribution in [3.05, 3.63) is 53.6 Å². The summed E-state index contributed by atoms with van der Waals surface area (Å²) in [6.07, 6.45) is -4.34. The van der Waals surface area contributed by atoms with Crippen molar-refractivity contribution in [3.8, 4) is 0 Å². The fourth-order valence-electron chi connectivity index (χ4n) is 2.24. The lowest BCUT2D eigenvalue weighted by Crippen LogP contribution is -2.04. The lowest BCUT2D eigenvalue weighted by Gasteiger charge is -2.09. The number of hydrogen-bond donors (Lipinski definition) is 2. The van der Waals surface area contributed by atoms with Gasteiger partial charge in [0.2, 0.25) is 5.95 Å². The largest absolute Gasteiger partial charge is 0.416 e. The molecule has 0 atom stereocenters. The molecule has 0 aliphatic heterocycles. The third-order valence-electron chi connectivity index (χ3n) is 3.37. The SMILES string of the molecule is Nc1nc(N)c2cc(CSc3cccc(C(F)(F)F)c3)ccc2n1. The second-order valence-electron chi connectivity index (χ2n) is 5.13. The molecule has 0 amide bonds. The third-order valence-corrected chi connectivity index (χ3v) is 4.44. The minimum absolute atomic E-state index is 0.103. The Morgan fingerprint density at radius 2 is 1.79 bits per heavy atom. The fourth-order valence-corrected chi connectivity index (χ4v) is 3.13. The number of nitrogens with zero attached hydrogens (tertiary/aromatic N) is 2. The molecule has 0 aliphatic rings. The van der Waals surface area contributed by atoms with Crippen molar-refractivity contribution >= 4 is 34.4 Å². The number of thioether (sulfide) groups is 1. The molecule has 0 unspecified atom stereocenters. The predicted octanol–water partition coefficient (Wildman–Crippen LogP) is 4.11. The zero-order valence-electron chi connectivity index (χ0n) is 12.3. The first kappa shape index (κ1) is 16.4. The molecule has 0 radical (unpaired) electrons. The summed E-state index contributed by atoms with van der Waals surface area (Å²) in [6, 6.07) is 10.7. The van der Waals surface area contributed by atoms with Gasteiger partial charge in [0.05, 0.1) is 11.1 Å². The summed E-state index contributed by atoms with van der Waals surface area (Å²) < 4.78 is 38.2. The van der Waals surface area contributed by atoms with Crippen molar-refractivity contribution in [2.24, 2.45) is 0 Å². The van der Waals surface area contributed by atoms with Gasteiger partial charge in [0.25, 0.3) is 0 Å². The van der Waals surface area contributed by atoms with Gasteiger partial charge in [-0.25, -0.2) is 4.98 Å². The minimum atomic E-state index is -4.34. The highest BCUT2D eigenvalue weighted by Gasteiger charge is 2.30. The van der Waals surface area contributed by atoms with Crippen molar-refractivity contribution in [1.29, 1.82) is 0 Å². The maximum absolute atomic E-state index is 12.7. The van der Waals surface area contributed by atoms with E-state index in [0.717, 1.165) is 17.7 Å². The van der Waals surface area contributed by atoms with Gasteiger partial charge in [-0.05, 0) is 35.9 Å². The highest BCUT2D eigenvalue weighted by molar-refractivity contribution is 7.98. The van der Waals surface area contributed by atoms with Crippen molar-refractivity contribution < 1.29 is 13.2 Å². The third kappa shape index (κ3) is 3.53. The van der Waals surface area contributed by atoms with Crippen molar-refractivity contribution in [2.45, 2.75) is 16.8 Å². The number of alkyl halides is 3. The van der Waals surface area contributed by atoms with Crippen molar-refractivity contribution in [2.75, 3.05) is 11.5 Å². The van der Waals surface area contributed by atoms with E-state index >= 15 is 0 Å². The number of rotatable bonds is 3. The zero-order chi connectivity index (χ0) is 17.3. The van der Waals surface area contributed by atoms with Gasteiger partial charge < -0.3 is 11.5 Å². The standard InChI is InChI=1S/C16H13F3N4S/c17-16(18,19)10-2-1-3-11(7-10)24-8-9-4-5-13-12(6-9)14(20)23-15(21)22-13/h1-7H,8H2,(H4,20,21,22,23). The average Bonchev–Trinajstić information content (AvgIpc) is 2.52. The summed E-state index contributed by atoms with van der Waals surface area (Å²) in [5.41, 5.74) is 12.3. The molecule has 0 bridgehead atoms. The Kier molecular flexibility index (Phi) is 4.23. The Labute approximate surface area is 140 Å². The van der Waals surface area contributed by atoms with Crippen LogP contribution in [0.15, 0.2) is 47.4 Å². The molecule has 4 N–H and O–H groups in total. The molecular weight excluding hydrogens is 337 g/mol. The molecule has 8 heteroatoms. The van der Waals surface area contributed by atoms with Gasteiger partial charge in [-0.15, -0.1) is 11.8 Å². The van der Waals surface area contributed by atoms with Gasteiger partial charge in [-0.1, -0.05) is 12.1 Å². The fraction of sp³-hybridized carbons (Fsp3) is 0.125. The first-order chi connectivity index (χ1) is 11.3. The average molecular weight is 350 g/mol. The van der Waals surface area contributed by atoms with Gasteiger partial charge in [0, 0.05) is 16.0 Å². The number of nitrogen functional groups attached to an aromatic ring is 2. The van der Waals surface area contributed by atoms with E-state index in [4.69, 9.17) is 11.5 Å². The molecule has 124 valence electrons. The molecule has 0 saturated heterocycles. The van der Waals surface area contributed by atoms with Crippen LogP contribution in [0.3, 0.4) is 0 Å². The lowest BCUT2D eigenvalue weighted by atomic mass is 10.1. The second-order valence-corrected chi connectivity index (χ2v) is 6.18.